The number of carbonyl (C=O) groups excluding carboxylic acids is 1. The van der Waals surface area contributed by atoms with Crippen molar-refractivity contribution in [3.8, 4) is 11.1 Å². The lowest BCUT2D eigenvalue weighted by Crippen LogP contribution is -2.44. The van der Waals surface area contributed by atoms with Crippen molar-refractivity contribution in [3.63, 3.8) is 0 Å². The maximum absolute atomic E-state index is 13.2. The average Bonchev–Trinajstić information content (AvgIpc) is 3.33. The van der Waals surface area contributed by atoms with E-state index in [1.165, 1.54) is 23.9 Å². The van der Waals surface area contributed by atoms with Crippen LogP contribution in [0.1, 0.15) is 5.56 Å². The molecule has 4 rings (SSSR count). The van der Waals surface area contributed by atoms with Crippen LogP contribution in [0.25, 0.3) is 17.2 Å². The molecule has 0 saturated carbocycles. The van der Waals surface area contributed by atoms with Gasteiger partial charge in [0.2, 0.25) is 0 Å². The Hall–Kier alpha value is -3.47. The molecule has 0 unspecified atom stereocenters. The summed E-state index contributed by atoms with van der Waals surface area (Å²) in [6, 6.07) is 12.2. The molecule has 2 aromatic heterocycles. The maximum atomic E-state index is 13.2. The monoisotopic (exact) mass is 467 g/mol. The SMILES string of the molecule is CN1CCN(c2cc(-c3cccc(S(=O)(=O)n4ccc(/C=C/C(=O)NO)c4)c3)ccn2)CC1. The van der Waals surface area contributed by atoms with E-state index in [-0.39, 0.29) is 4.90 Å². The molecule has 0 aliphatic carbocycles. The quantitative estimate of drug-likeness (QED) is 0.325. The molecule has 9 nitrogen and oxygen atoms in total. The van der Waals surface area contributed by atoms with E-state index in [1.807, 2.05) is 18.2 Å². The largest absolute Gasteiger partial charge is 0.354 e. The lowest BCUT2D eigenvalue weighted by Gasteiger charge is -2.33. The number of pyridine rings is 1. The van der Waals surface area contributed by atoms with Gasteiger partial charge in [0.25, 0.3) is 15.9 Å². The number of rotatable bonds is 6. The molecule has 0 atom stereocenters. The first-order valence-corrected chi connectivity index (χ1v) is 11.9. The van der Waals surface area contributed by atoms with Crippen molar-refractivity contribution in [2.24, 2.45) is 0 Å². The number of likely N-dealkylation sites (N-methyl/N-ethyl adjacent to an activating group) is 1. The maximum Gasteiger partial charge on any atom is 0.267 e. The standard InChI is InChI=1S/C23H25N5O4S/c1-26-11-13-27(14-12-26)22-16-20(7-9-24-22)19-3-2-4-21(15-19)33(31,32)28-10-8-18(17-28)5-6-23(29)25-30/h2-10,15-17,30H,11-14H2,1H3,(H,25,29)/b6-5+. The zero-order valence-electron chi connectivity index (χ0n) is 18.1. The van der Waals surface area contributed by atoms with Gasteiger partial charge >= 0.3 is 0 Å². The van der Waals surface area contributed by atoms with Crippen LogP contribution in [0, 0.1) is 0 Å². The van der Waals surface area contributed by atoms with E-state index in [0.29, 0.717) is 5.56 Å². The summed E-state index contributed by atoms with van der Waals surface area (Å²) in [5, 5.41) is 8.56. The molecule has 172 valence electrons. The second kappa shape index (κ2) is 9.57. The van der Waals surface area contributed by atoms with E-state index in [9.17, 15) is 13.2 Å². The summed E-state index contributed by atoms with van der Waals surface area (Å²) in [6.07, 6.45) is 7.08. The van der Waals surface area contributed by atoms with Crippen LogP contribution in [0.15, 0.2) is 72.0 Å². The minimum Gasteiger partial charge on any atom is -0.354 e. The second-order valence-corrected chi connectivity index (χ2v) is 9.65. The highest BCUT2D eigenvalue weighted by Gasteiger charge is 2.19. The molecule has 1 aromatic carbocycles. The van der Waals surface area contributed by atoms with E-state index in [2.05, 4.69) is 21.8 Å². The molecule has 1 aliphatic rings. The lowest BCUT2D eigenvalue weighted by molar-refractivity contribution is -0.124. The van der Waals surface area contributed by atoms with Crippen molar-refractivity contribution < 1.29 is 18.4 Å². The zero-order valence-corrected chi connectivity index (χ0v) is 18.9. The molecule has 10 heteroatoms. The van der Waals surface area contributed by atoms with Gasteiger partial charge in [-0.1, -0.05) is 12.1 Å². The molecule has 3 aromatic rings. The van der Waals surface area contributed by atoms with Gasteiger partial charge in [-0.15, -0.1) is 0 Å². The van der Waals surface area contributed by atoms with Crippen LogP contribution in [0.3, 0.4) is 0 Å². The van der Waals surface area contributed by atoms with Crippen LogP contribution < -0.4 is 10.4 Å². The summed E-state index contributed by atoms with van der Waals surface area (Å²) in [6.45, 7) is 3.73. The first kappa shape index (κ1) is 22.7. The third kappa shape index (κ3) is 5.14. The number of anilines is 1. The van der Waals surface area contributed by atoms with Crippen molar-refractivity contribution >= 4 is 27.8 Å². The van der Waals surface area contributed by atoms with Crippen molar-refractivity contribution in [2.45, 2.75) is 4.90 Å². The summed E-state index contributed by atoms with van der Waals surface area (Å²) < 4.78 is 27.4. The van der Waals surface area contributed by atoms with Crippen LogP contribution >= 0.6 is 0 Å². The van der Waals surface area contributed by atoms with Gasteiger partial charge in [-0.05, 0) is 60.1 Å². The smallest absolute Gasteiger partial charge is 0.267 e. The molecular weight excluding hydrogens is 442 g/mol. The normalized spacial score (nSPS) is 15.2. The van der Waals surface area contributed by atoms with Gasteiger partial charge in [-0.25, -0.2) is 22.9 Å². The fourth-order valence-corrected chi connectivity index (χ4v) is 4.87. The van der Waals surface area contributed by atoms with Crippen molar-refractivity contribution in [3.05, 3.63) is 72.7 Å². The summed E-state index contributed by atoms with van der Waals surface area (Å²) in [7, 11) is -1.73. The van der Waals surface area contributed by atoms with Crippen LogP contribution in [-0.2, 0) is 14.8 Å². The Balaban J connectivity index is 1.59. The highest BCUT2D eigenvalue weighted by Crippen LogP contribution is 2.27. The van der Waals surface area contributed by atoms with Crippen molar-refractivity contribution in [1.82, 2.24) is 19.3 Å². The molecule has 33 heavy (non-hydrogen) atoms. The molecule has 1 aliphatic heterocycles. The van der Waals surface area contributed by atoms with Gasteiger partial charge in [0, 0.05) is 50.8 Å². The van der Waals surface area contributed by atoms with E-state index in [4.69, 9.17) is 5.21 Å². The molecule has 0 spiro atoms. The molecule has 0 bridgehead atoms. The summed E-state index contributed by atoms with van der Waals surface area (Å²) in [5.74, 6) is 0.175. The number of carbonyl (C=O) groups is 1. The third-order valence-electron chi connectivity index (χ3n) is 5.54. The Kier molecular flexibility index (Phi) is 6.59. The minimum absolute atomic E-state index is 0.150. The molecule has 1 saturated heterocycles. The Labute approximate surface area is 192 Å². The van der Waals surface area contributed by atoms with Crippen molar-refractivity contribution in [1.29, 1.82) is 0 Å². The average molecular weight is 468 g/mol. The Morgan fingerprint density at radius 3 is 2.61 bits per heavy atom. The van der Waals surface area contributed by atoms with Crippen LogP contribution in [0.4, 0.5) is 5.82 Å². The van der Waals surface area contributed by atoms with Gasteiger partial charge in [-0.2, -0.15) is 0 Å². The van der Waals surface area contributed by atoms with Crippen LogP contribution in [0.5, 0.6) is 0 Å². The second-order valence-electron chi connectivity index (χ2n) is 7.81. The zero-order chi connectivity index (χ0) is 23.4. The van der Waals surface area contributed by atoms with Gasteiger partial charge in [0.1, 0.15) is 5.82 Å². The molecule has 2 N–H and O–H groups in total. The number of hydroxylamine groups is 1. The lowest BCUT2D eigenvalue weighted by atomic mass is 10.1. The van der Waals surface area contributed by atoms with Crippen molar-refractivity contribution in [2.75, 3.05) is 38.1 Å². The fourth-order valence-electron chi connectivity index (χ4n) is 3.61. The molecule has 1 amide bonds. The highest BCUT2D eigenvalue weighted by molar-refractivity contribution is 7.90. The van der Waals surface area contributed by atoms with Gasteiger partial charge in [0.15, 0.2) is 0 Å². The van der Waals surface area contributed by atoms with E-state index < -0.39 is 15.9 Å². The van der Waals surface area contributed by atoms with E-state index in [0.717, 1.165) is 53.2 Å². The molecular formula is C23H25N5O4S. The molecule has 1 fully saturated rings. The summed E-state index contributed by atoms with van der Waals surface area (Å²) >= 11 is 0. The van der Waals surface area contributed by atoms with Gasteiger partial charge in [-0.3, -0.25) is 10.0 Å². The number of hydrogen-bond acceptors (Lipinski definition) is 7. The minimum atomic E-state index is -3.83. The number of nitrogens with zero attached hydrogens (tertiary/aromatic N) is 4. The van der Waals surface area contributed by atoms with Crippen LogP contribution in [-0.4, -0.2) is 66.6 Å². The number of benzene rings is 1. The number of hydrogen-bond donors (Lipinski definition) is 2. The number of aromatic nitrogens is 2. The fraction of sp³-hybridized carbons (Fsp3) is 0.217. The van der Waals surface area contributed by atoms with Crippen LogP contribution in [0.2, 0.25) is 0 Å². The topological polar surface area (TPSA) is 108 Å². The highest BCUT2D eigenvalue weighted by atomic mass is 32.2. The predicted molar refractivity (Wildman–Crippen MR) is 125 cm³/mol. The first-order valence-electron chi connectivity index (χ1n) is 10.4. The van der Waals surface area contributed by atoms with Gasteiger partial charge in [0.05, 0.1) is 4.90 Å². The predicted octanol–water partition coefficient (Wildman–Crippen LogP) is 2.06. The third-order valence-corrected chi connectivity index (χ3v) is 7.17. The first-order chi connectivity index (χ1) is 15.9. The number of piperazine rings is 1. The Morgan fingerprint density at radius 2 is 1.85 bits per heavy atom. The van der Waals surface area contributed by atoms with E-state index in [1.54, 1.807) is 30.5 Å². The number of nitrogens with one attached hydrogen (secondary N) is 1. The van der Waals surface area contributed by atoms with E-state index >= 15 is 0 Å². The molecule has 0 radical (unpaired) electrons. The Bertz CT molecular complexity index is 1280. The summed E-state index contributed by atoms with van der Waals surface area (Å²) in [4.78, 5) is 20.3. The molecule has 3 heterocycles. The Morgan fingerprint density at radius 1 is 1.09 bits per heavy atom. The number of amides is 1. The summed E-state index contributed by atoms with van der Waals surface area (Å²) in [5.41, 5.74) is 3.66. The van der Waals surface area contributed by atoms with Gasteiger partial charge < -0.3 is 9.80 Å².